The molecule has 0 heterocycles. The van der Waals surface area contributed by atoms with Crippen LogP contribution in [0.4, 0.5) is 0 Å². The van der Waals surface area contributed by atoms with Crippen molar-refractivity contribution in [2.24, 2.45) is 0 Å². The zero-order valence-electron chi connectivity index (χ0n) is 14.0. The van der Waals surface area contributed by atoms with Crippen molar-refractivity contribution in [3.8, 4) is 0 Å². The second-order valence-electron chi connectivity index (χ2n) is 5.69. The lowest BCUT2D eigenvalue weighted by Crippen LogP contribution is -2.41. The van der Waals surface area contributed by atoms with E-state index in [9.17, 15) is 9.59 Å². The Kier molecular flexibility index (Phi) is 7.02. The van der Waals surface area contributed by atoms with Crippen LogP contribution in [0.2, 0.25) is 0 Å². The van der Waals surface area contributed by atoms with Crippen molar-refractivity contribution in [2.75, 3.05) is 6.54 Å². The fourth-order valence-corrected chi connectivity index (χ4v) is 2.48. The van der Waals surface area contributed by atoms with Gasteiger partial charge in [-0.15, -0.1) is 0 Å². The summed E-state index contributed by atoms with van der Waals surface area (Å²) in [6, 6.07) is 18.7. The smallest absolute Gasteiger partial charge is 0.247 e. The summed E-state index contributed by atoms with van der Waals surface area (Å²) in [5, 5.41) is 5.76. The number of hydrogen-bond donors (Lipinski definition) is 2. The minimum Gasteiger partial charge on any atom is -0.354 e. The molecule has 1 atom stereocenters. The molecule has 2 aromatic rings. The van der Waals surface area contributed by atoms with Gasteiger partial charge in [-0.1, -0.05) is 67.6 Å². The third-order valence-electron chi connectivity index (χ3n) is 3.73. The first-order valence-electron chi connectivity index (χ1n) is 8.36. The van der Waals surface area contributed by atoms with Crippen molar-refractivity contribution >= 4 is 11.8 Å². The van der Waals surface area contributed by atoms with Crippen molar-refractivity contribution in [1.82, 2.24) is 10.6 Å². The molecule has 4 heteroatoms. The first-order chi connectivity index (χ1) is 11.7. The van der Waals surface area contributed by atoms with Gasteiger partial charge in [0.25, 0.3) is 0 Å². The van der Waals surface area contributed by atoms with Crippen LogP contribution in [0.3, 0.4) is 0 Å². The number of carbonyl (C=O) groups is 2. The molecule has 0 aromatic heterocycles. The summed E-state index contributed by atoms with van der Waals surface area (Å²) in [4.78, 5) is 24.5. The Morgan fingerprint density at radius 2 is 1.58 bits per heavy atom. The van der Waals surface area contributed by atoms with E-state index >= 15 is 0 Å². The van der Waals surface area contributed by atoms with E-state index in [1.54, 1.807) is 0 Å². The van der Waals surface area contributed by atoms with Crippen LogP contribution in [0, 0.1) is 0 Å². The maximum absolute atomic E-state index is 12.5. The normalized spacial score (nSPS) is 11.5. The maximum Gasteiger partial charge on any atom is 0.247 e. The third-order valence-corrected chi connectivity index (χ3v) is 3.73. The molecule has 2 N–H and O–H groups in total. The summed E-state index contributed by atoms with van der Waals surface area (Å²) >= 11 is 0. The Hall–Kier alpha value is -2.62. The highest BCUT2D eigenvalue weighted by molar-refractivity contribution is 5.88. The molecule has 0 saturated carbocycles. The minimum absolute atomic E-state index is 0.107. The maximum atomic E-state index is 12.5. The molecule has 1 unspecified atom stereocenters. The fraction of sp³-hybridized carbons (Fsp3) is 0.300. The zero-order chi connectivity index (χ0) is 17.2. The predicted molar refractivity (Wildman–Crippen MR) is 95.4 cm³/mol. The minimum atomic E-state index is -0.652. The van der Waals surface area contributed by atoms with Gasteiger partial charge < -0.3 is 10.6 Å². The van der Waals surface area contributed by atoms with Crippen LogP contribution < -0.4 is 10.6 Å². The Bertz CT molecular complexity index is 641. The van der Waals surface area contributed by atoms with Gasteiger partial charge in [0.15, 0.2) is 0 Å². The van der Waals surface area contributed by atoms with Gasteiger partial charge in [0.1, 0.15) is 6.04 Å². The van der Waals surface area contributed by atoms with E-state index in [0.29, 0.717) is 13.0 Å². The molecule has 4 nitrogen and oxygen atoms in total. The van der Waals surface area contributed by atoms with E-state index < -0.39 is 6.04 Å². The Labute approximate surface area is 143 Å². The van der Waals surface area contributed by atoms with Crippen LogP contribution in [-0.2, 0) is 16.0 Å². The van der Waals surface area contributed by atoms with Gasteiger partial charge in [0, 0.05) is 13.0 Å². The topological polar surface area (TPSA) is 58.2 Å². The number of hydrogen-bond acceptors (Lipinski definition) is 2. The van der Waals surface area contributed by atoms with E-state index in [2.05, 4.69) is 10.6 Å². The monoisotopic (exact) mass is 324 g/mol. The first-order valence-corrected chi connectivity index (χ1v) is 8.36. The van der Waals surface area contributed by atoms with Crippen LogP contribution in [0.15, 0.2) is 60.7 Å². The van der Waals surface area contributed by atoms with Gasteiger partial charge in [-0.05, 0) is 24.0 Å². The fourth-order valence-electron chi connectivity index (χ4n) is 2.48. The highest BCUT2D eigenvalue weighted by Crippen LogP contribution is 2.13. The summed E-state index contributed by atoms with van der Waals surface area (Å²) < 4.78 is 0. The van der Waals surface area contributed by atoms with E-state index in [1.165, 1.54) is 5.56 Å². The average Bonchev–Trinajstić information content (AvgIpc) is 2.61. The number of amides is 2. The molecule has 0 saturated heterocycles. The summed E-state index contributed by atoms with van der Waals surface area (Å²) in [6.45, 7) is 2.48. The Balaban J connectivity index is 1.97. The average molecular weight is 324 g/mol. The molecule has 0 aliphatic carbocycles. The van der Waals surface area contributed by atoms with Crippen LogP contribution in [-0.4, -0.2) is 18.4 Å². The van der Waals surface area contributed by atoms with E-state index in [-0.39, 0.29) is 11.8 Å². The molecule has 0 aliphatic rings. The van der Waals surface area contributed by atoms with Crippen molar-refractivity contribution < 1.29 is 9.59 Å². The highest BCUT2D eigenvalue weighted by atomic mass is 16.2. The van der Waals surface area contributed by atoms with Crippen LogP contribution in [0.25, 0.3) is 0 Å². The summed E-state index contributed by atoms with van der Waals surface area (Å²) in [5.74, 6) is -0.286. The summed E-state index contributed by atoms with van der Waals surface area (Å²) in [6.07, 6.45) is 1.93. The second kappa shape index (κ2) is 9.50. The van der Waals surface area contributed by atoms with Crippen molar-refractivity contribution in [3.63, 3.8) is 0 Å². The molecule has 2 amide bonds. The van der Waals surface area contributed by atoms with Crippen molar-refractivity contribution in [1.29, 1.82) is 0 Å². The van der Waals surface area contributed by atoms with E-state index in [4.69, 9.17) is 0 Å². The molecule has 0 radical (unpaired) electrons. The van der Waals surface area contributed by atoms with Crippen LogP contribution in [0.1, 0.15) is 36.9 Å². The van der Waals surface area contributed by atoms with Crippen LogP contribution in [0.5, 0.6) is 0 Å². The SMILES string of the molecule is CCCC(=O)NC(C(=O)NCCc1ccccc1)c1ccccc1. The van der Waals surface area contributed by atoms with Crippen molar-refractivity contribution in [2.45, 2.75) is 32.2 Å². The molecule has 0 aliphatic heterocycles. The standard InChI is InChI=1S/C20H24N2O2/c1-2-9-18(23)22-19(17-12-7-4-8-13-17)20(24)21-15-14-16-10-5-3-6-11-16/h3-8,10-13,19H,2,9,14-15H2,1H3,(H,21,24)(H,22,23). The van der Waals surface area contributed by atoms with Gasteiger partial charge in [-0.25, -0.2) is 0 Å². The molecule has 2 aromatic carbocycles. The summed E-state index contributed by atoms with van der Waals surface area (Å²) in [7, 11) is 0. The van der Waals surface area contributed by atoms with Gasteiger partial charge in [0.2, 0.25) is 11.8 Å². The van der Waals surface area contributed by atoms with Crippen LogP contribution >= 0.6 is 0 Å². The summed E-state index contributed by atoms with van der Waals surface area (Å²) in [5.41, 5.74) is 1.96. The number of nitrogens with one attached hydrogen (secondary N) is 2. The first kappa shape index (κ1) is 17.7. The Morgan fingerprint density at radius 1 is 0.958 bits per heavy atom. The molecule has 24 heavy (non-hydrogen) atoms. The lowest BCUT2D eigenvalue weighted by molar-refractivity contribution is -0.129. The Morgan fingerprint density at radius 3 is 2.21 bits per heavy atom. The second-order valence-corrected chi connectivity index (χ2v) is 5.69. The van der Waals surface area contributed by atoms with Gasteiger partial charge in [0.05, 0.1) is 0 Å². The van der Waals surface area contributed by atoms with Crippen molar-refractivity contribution in [3.05, 3.63) is 71.8 Å². The molecule has 0 bridgehead atoms. The highest BCUT2D eigenvalue weighted by Gasteiger charge is 2.21. The van der Waals surface area contributed by atoms with Gasteiger partial charge >= 0.3 is 0 Å². The lowest BCUT2D eigenvalue weighted by Gasteiger charge is -2.19. The molecule has 0 fully saturated rings. The third kappa shape index (κ3) is 5.54. The molecular formula is C20H24N2O2. The largest absolute Gasteiger partial charge is 0.354 e. The zero-order valence-corrected chi connectivity index (χ0v) is 14.0. The lowest BCUT2D eigenvalue weighted by atomic mass is 10.1. The van der Waals surface area contributed by atoms with E-state index in [0.717, 1.165) is 18.4 Å². The van der Waals surface area contributed by atoms with Gasteiger partial charge in [-0.2, -0.15) is 0 Å². The molecule has 0 spiro atoms. The van der Waals surface area contributed by atoms with Gasteiger partial charge in [-0.3, -0.25) is 9.59 Å². The quantitative estimate of drug-likeness (QED) is 0.784. The number of benzene rings is 2. The molecular weight excluding hydrogens is 300 g/mol. The molecule has 126 valence electrons. The predicted octanol–water partition coefficient (Wildman–Crippen LogP) is 3.00. The number of carbonyl (C=O) groups excluding carboxylic acids is 2. The van der Waals surface area contributed by atoms with E-state index in [1.807, 2.05) is 67.6 Å². The molecule has 2 rings (SSSR count). The number of rotatable bonds is 8.